The highest BCUT2D eigenvalue weighted by atomic mass is 79.9. The van der Waals surface area contributed by atoms with Crippen molar-refractivity contribution in [3.63, 3.8) is 0 Å². The van der Waals surface area contributed by atoms with Gasteiger partial charge < -0.3 is 10.4 Å². The number of halogens is 1. The number of nitrogens with zero attached hydrogens (tertiary/aromatic N) is 1. The van der Waals surface area contributed by atoms with Gasteiger partial charge in [-0.25, -0.2) is 5.10 Å². The number of hydrogen-bond acceptors (Lipinski definition) is 4. The normalized spacial score (nSPS) is 25.6. The van der Waals surface area contributed by atoms with E-state index in [2.05, 4.69) is 31.4 Å². The van der Waals surface area contributed by atoms with Gasteiger partial charge in [0.05, 0.1) is 18.0 Å². The van der Waals surface area contributed by atoms with Gasteiger partial charge in [-0.1, -0.05) is 0 Å². The van der Waals surface area contributed by atoms with Crippen LogP contribution < -0.4 is 10.9 Å². The Hall–Kier alpha value is -0.880. The number of aliphatic hydroxyl groups excluding tert-OH is 1. The Balaban J connectivity index is 2.10. The van der Waals surface area contributed by atoms with Gasteiger partial charge in [0.1, 0.15) is 4.47 Å². The van der Waals surface area contributed by atoms with Crippen LogP contribution in [-0.2, 0) is 0 Å². The molecule has 1 aliphatic carbocycles. The third kappa shape index (κ3) is 1.80. The molecule has 0 atom stereocenters. The highest BCUT2D eigenvalue weighted by molar-refractivity contribution is 9.10. The van der Waals surface area contributed by atoms with Crippen molar-refractivity contribution >= 4 is 21.6 Å². The molecule has 1 heterocycles. The maximum atomic E-state index is 11.1. The van der Waals surface area contributed by atoms with Gasteiger partial charge in [-0.15, -0.1) is 0 Å². The van der Waals surface area contributed by atoms with Crippen LogP contribution in [-0.4, -0.2) is 27.4 Å². The van der Waals surface area contributed by atoms with Crippen LogP contribution in [0, 0.1) is 0 Å². The Morgan fingerprint density at radius 3 is 3.00 bits per heavy atom. The molecular formula is C8H10BrN3O2. The number of nitrogens with one attached hydrogen (secondary N) is 2. The lowest BCUT2D eigenvalue weighted by Gasteiger charge is -2.32. The lowest BCUT2D eigenvalue weighted by molar-refractivity contribution is 0.0836. The molecule has 0 unspecified atom stereocenters. The predicted molar refractivity (Wildman–Crippen MR) is 55.2 cm³/mol. The first-order chi connectivity index (χ1) is 6.66. The van der Waals surface area contributed by atoms with E-state index < -0.39 is 0 Å². The summed E-state index contributed by atoms with van der Waals surface area (Å²) < 4.78 is 0.453. The van der Waals surface area contributed by atoms with E-state index in [1.165, 1.54) is 0 Å². The van der Waals surface area contributed by atoms with Crippen molar-refractivity contribution in [1.29, 1.82) is 0 Å². The molecule has 0 aromatic carbocycles. The highest BCUT2D eigenvalue weighted by Gasteiger charge is 2.27. The van der Waals surface area contributed by atoms with Crippen molar-refractivity contribution < 1.29 is 5.11 Å². The third-order valence-corrected chi connectivity index (χ3v) is 3.06. The fraction of sp³-hybridized carbons (Fsp3) is 0.500. The molecule has 76 valence electrons. The van der Waals surface area contributed by atoms with Crippen LogP contribution in [0.15, 0.2) is 15.5 Å². The van der Waals surface area contributed by atoms with Crippen molar-refractivity contribution in [3.8, 4) is 0 Å². The van der Waals surface area contributed by atoms with E-state index in [1.54, 1.807) is 6.20 Å². The smallest absolute Gasteiger partial charge is 0.280 e. The molecule has 0 amide bonds. The lowest BCUT2D eigenvalue weighted by atomic mass is 9.89. The summed E-state index contributed by atoms with van der Waals surface area (Å²) in [6, 6.07) is 0.241. The zero-order valence-corrected chi connectivity index (χ0v) is 8.91. The van der Waals surface area contributed by atoms with Gasteiger partial charge in [-0.05, 0) is 28.8 Å². The minimum atomic E-state index is -0.255. The van der Waals surface area contributed by atoms with Gasteiger partial charge in [0.15, 0.2) is 0 Å². The van der Waals surface area contributed by atoms with E-state index in [9.17, 15) is 4.79 Å². The van der Waals surface area contributed by atoms with E-state index in [4.69, 9.17) is 5.11 Å². The number of hydrogen-bond donors (Lipinski definition) is 3. The molecule has 0 bridgehead atoms. The number of aromatic amines is 1. The van der Waals surface area contributed by atoms with E-state index in [1.807, 2.05) is 0 Å². The number of rotatable bonds is 2. The molecule has 1 saturated carbocycles. The summed E-state index contributed by atoms with van der Waals surface area (Å²) >= 11 is 3.17. The average molecular weight is 260 g/mol. The van der Waals surface area contributed by atoms with Crippen molar-refractivity contribution in [2.24, 2.45) is 0 Å². The van der Waals surface area contributed by atoms with Crippen LogP contribution in [0.2, 0.25) is 0 Å². The zero-order chi connectivity index (χ0) is 10.1. The fourth-order valence-corrected chi connectivity index (χ4v) is 1.72. The molecule has 1 aromatic rings. The molecule has 6 heteroatoms. The molecule has 5 nitrogen and oxygen atoms in total. The second-order valence-corrected chi connectivity index (χ2v) is 4.19. The van der Waals surface area contributed by atoms with Crippen molar-refractivity contribution in [2.75, 3.05) is 5.32 Å². The van der Waals surface area contributed by atoms with E-state index >= 15 is 0 Å². The summed E-state index contributed by atoms with van der Waals surface area (Å²) in [4.78, 5) is 11.1. The summed E-state index contributed by atoms with van der Waals surface area (Å²) in [5.74, 6) is 0. The van der Waals surface area contributed by atoms with Gasteiger partial charge in [0.2, 0.25) is 0 Å². The molecule has 1 aliphatic rings. The van der Waals surface area contributed by atoms with Gasteiger partial charge in [-0.2, -0.15) is 5.10 Å². The molecule has 1 fully saturated rings. The highest BCUT2D eigenvalue weighted by Crippen LogP contribution is 2.25. The topological polar surface area (TPSA) is 78.0 Å². The molecule has 14 heavy (non-hydrogen) atoms. The standard InChI is InChI=1S/C8H10BrN3O2/c9-7-6(3-10-12-8(7)14)11-4-1-5(13)2-4/h3-5,13H,1-2H2,(H2,11,12,14). The monoisotopic (exact) mass is 259 g/mol. The van der Waals surface area contributed by atoms with Crippen LogP contribution >= 0.6 is 15.9 Å². The second-order valence-electron chi connectivity index (χ2n) is 3.39. The molecule has 0 radical (unpaired) electrons. The lowest BCUT2D eigenvalue weighted by Crippen LogP contribution is -2.39. The molecular weight excluding hydrogens is 250 g/mol. The van der Waals surface area contributed by atoms with Crippen molar-refractivity contribution in [1.82, 2.24) is 10.2 Å². The number of H-pyrrole nitrogens is 1. The van der Waals surface area contributed by atoms with Crippen LogP contribution in [0.25, 0.3) is 0 Å². The van der Waals surface area contributed by atoms with E-state index in [0.717, 1.165) is 12.8 Å². The molecule has 2 rings (SSSR count). The van der Waals surface area contributed by atoms with E-state index in [0.29, 0.717) is 10.2 Å². The first-order valence-electron chi connectivity index (χ1n) is 4.34. The number of aliphatic hydroxyl groups is 1. The fourth-order valence-electron chi connectivity index (χ4n) is 1.41. The third-order valence-electron chi connectivity index (χ3n) is 2.27. The SMILES string of the molecule is O=c1[nH]ncc(NC2CC(O)C2)c1Br. The van der Waals surface area contributed by atoms with Crippen LogP contribution in [0.1, 0.15) is 12.8 Å². The van der Waals surface area contributed by atoms with Gasteiger partial charge in [-0.3, -0.25) is 4.79 Å². The Kier molecular flexibility index (Phi) is 2.56. The van der Waals surface area contributed by atoms with Crippen molar-refractivity contribution in [2.45, 2.75) is 25.0 Å². The summed E-state index contributed by atoms with van der Waals surface area (Å²) in [5, 5.41) is 18.2. The Bertz CT molecular complexity index is 386. The summed E-state index contributed by atoms with van der Waals surface area (Å²) in [6.45, 7) is 0. The van der Waals surface area contributed by atoms with Gasteiger partial charge in [0, 0.05) is 6.04 Å². The maximum Gasteiger partial charge on any atom is 0.280 e. The van der Waals surface area contributed by atoms with Crippen LogP contribution in [0.3, 0.4) is 0 Å². The Morgan fingerprint density at radius 1 is 1.64 bits per heavy atom. The van der Waals surface area contributed by atoms with Crippen LogP contribution in [0.5, 0.6) is 0 Å². The molecule has 0 aliphatic heterocycles. The Morgan fingerprint density at radius 2 is 2.36 bits per heavy atom. The molecule has 0 saturated heterocycles. The summed E-state index contributed by atoms with van der Waals surface area (Å²) in [5.41, 5.74) is 0.417. The van der Waals surface area contributed by atoms with Gasteiger partial charge >= 0.3 is 0 Å². The summed E-state index contributed by atoms with van der Waals surface area (Å²) in [7, 11) is 0. The molecule has 0 spiro atoms. The second kappa shape index (κ2) is 3.70. The van der Waals surface area contributed by atoms with Crippen molar-refractivity contribution in [3.05, 3.63) is 21.0 Å². The minimum absolute atomic E-state index is 0.207. The van der Waals surface area contributed by atoms with Gasteiger partial charge in [0.25, 0.3) is 5.56 Å². The Labute approximate surface area is 88.7 Å². The summed E-state index contributed by atoms with van der Waals surface area (Å²) in [6.07, 6.45) is 2.79. The first-order valence-corrected chi connectivity index (χ1v) is 5.14. The quantitative estimate of drug-likeness (QED) is 0.722. The number of anilines is 1. The van der Waals surface area contributed by atoms with E-state index in [-0.39, 0.29) is 17.7 Å². The predicted octanol–water partition coefficient (Wildman–Crippen LogP) is 0.468. The number of aromatic nitrogens is 2. The largest absolute Gasteiger partial charge is 0.393 e. The molecule has 1 aromatic heterocycles. The first kappa shape index (κ1) is 9.67. The van der Waals surface area contributed by atoms with Crippen LogP contribution in [0.4, 0.5) is 5.69 Å². The average Bonchev–Trinajstić information content (AvgIpc) is 2.10. The maximum absolute atomic E-state index is 11.1. The zero-order valence-electron chi connectivity index (χ0n) is 7.33. The minimum Gasteiger partial charge on any atom is -0.393 e. The molecule has 3 N–H and O–H groups in total.